The number of amides is 1. The molecule has 1 amide bonds. The zero-order valence-corrected chi connectivity index (χ0v) is 13.0. The maximum atomic E-state index is 12.4. The van der Waals surface area contributed by atoms with Crippen molar-refractivity contribution in [3.63, 3.8) is 0 Å². The van der Waals surface area contributed by atoms with E-state index in [1.165, 1.54) is 0 Å². The van der Waals surface area contributed by atoms with Gasteiger partial charge in [0.2, 0.25) is 0 Å². The van der Waals surface area contributed by atoms with Crippen LogP contribution in [-0.4, -0.2) is 34.2 Å². The van der Waals surface area contributed by atoms with Gasteiger partial charge in [-0.2, -0.15) is 0 Å². The molecule has 0 bridgehead atoms. The van der Waals surface area contributed by atoms with E-state index in [0.717, 1.165) is 25.1 Å². The molecule has 0 aliphatic carbocycles. The molecule has 0 radical (unpaired) electrons. The molecule has 1 heterocycles. The Balaban J connectivity index is 2.08. The second kappa shape index (κ2) is 7.09. The van der Waals surface area contributed by atoms with Crippen LogP contribution in [0.2, 0.25) is 5.02 Å². The molecule has 2 N–H and O–H groups in total. The molecular formula is C14H19ClN2O2S. The number of hydrogen-bond donors (Lipinski definition) is 2. The van der Waals surface area contributed by atoms with Crippen LogP contribution in [-0.2, 0) is 10.8 Å². The summed E-state index contributed by atoms with van der Waals surface area (Å²) in [6, 6.07) is 5.36. The molecule has 4 nitrogen and oxygen atoms in total. The van der Waals surface area contributed by atoms with Crippen LogP contribution in [0.3, 0.4) is 0 Å². The van der Waals surface area contributed by atoms with E-state index < -0.39 is 10.8 Å². The van der Waals surface area contributed by atoms with Crippen molar-refractivity contribution in [2.24, 2.45) is 0 Å². The summed E-state index contributed by atoms with van der Waals surface area (Å²) in [6.07, 6.45) is 1.55. The molecule has 1 fully saturated rings. The van der Waals surface area contributed by atoms with Gasteiger partial charge in [0.25, 0.3) is 5.91 Å². The van der Waals surface area contributed by atoms with Crippen molar-refractivity contribution in [2.45, 2.75) is 25.8 Å². The molecule has 0 spiro atoms. The first kappa shape index (κ1) is 15.3. The topological polar surface area (TPSA) is 58.2 Å². The molecule has 1 aliphatic rings. The summed E-state index contributed by atoms with van der Waals surface area (Å²) in [5.74, 6) is 1.21. The minimum absolute atomic E-state index is 0.105. The summed E-state index contributed by atoms with van der Waals surface area (Å²) in [7, 11) is -0.716. The van der Waals surface area contributed by atoms with Gasteiger partial charge in [0, 0.05) is 45.6 Å². The number of carbonyl (C=O) groups is 1. The number of anilines is 1. The summed E-state index contributed by atoms with van der Waals surface area (Å²) in [5, 5.41) is 6.71. The lowest BCUT2D eigenvalue weighted by atomic mass is 10.1. The smallest absolute Gasteiger partial charge is 0.253 e. The van der Waals surface area contributed by atoms with E-state index in [2.05, 4.69) is 10.6 Å². The van der Waals surface area contributed by atoms with Crippen LogP contribution in [0.1, 0.15) is 30.1 Å². The number of hydrogen-bond acceptors (Lipinski definition) is 3. The van der Waals surface area contributed by atoms with Gasteiger partial charge in [-0.15, -0.1) is 0 Å². The molecule has 20 heavy (non-hydrogen) atoms. The Kier molecular flexibility index (Phi) is 5.43. The van der Waals surface area contributed by atoms with E-state index in [1.54, 1.807) is 12.1 Å². The highest BCUT2D eigenvalue weighted by molar-refractivity contribution is 7.85. The fourth-order valence-corrected chi connectivity index (χ4v) is 3.72. The number of carbonyl (C=O) groups excluding carboxylic acids is 1. The zero-order valence-electron chi connectivity index (χ0n) is 11.4. The minimum Gasteiger partial charge on any atom is -0.385 e. The molecule has 1 aromatic rings. The third-order valence-electron chi connectivity index (χ3n) is 3.32. The van der Waals surface area contributed by atoms with Crippen LogP contribution in [0.15, 0.2) is 18.2 Å². The molecule has 2 rings (SSSR count). The fraction of sp³-hybridized carbons (Fsp3) is 0.500. The largest absolute Gasteiger partial charge is 0.385 e. The van der Waals surface area contributed by atoms with Crippen molar-refractivity contribution in [2.75, 3.05) is 23.4 Å². The van der Waals surface area contributed by atoms with E-state index in [4.69, 9.17) is 11.6 Å². The Morgan fingerprint density at radius 3 is 2.75 bits per heavy atom. The van der Waals surface area contributed by atoms with Gasteiger partial charge in [0.15, 0.2) is 0 Å². The molecule has 0 atom stereocenters. The van der Waals surface area contributed by atoms with Gasteiger partial charge in [-0.25, -0.2) is 0 Å². The van der Waals surface area contributed by atoms with Crippen molar-refractivity contribution in [3.8, 4) is 0 Å². The normalized spacial score (nSPS) is 22.3. The van der Waals surface area contributed by atoms with Gasteiger partial charge < -0.3 is 10.6 Å². The first-order chi connectivity index (χ1) is 9.60. The molecular weight excluding hydrogens is 296 g/mol. The maximum absolute atomic E-state index is 12.4. The van der Waals surface area contributed by atoms with E-state index in [0.29, 0.717) is 22.1 Å². The van der Waals surface area contributed by atoms with Crippen LogP contribution in [0.4, 0.5) is 5.69 Å². The zero-order chi connectivity index (χ0) is 14.5. The van der Waals surface area contributed by atoms with Gasteiger partial charge in [0.05, 0.1) is 5.56 Å². The Bertz CT molecular complexity index is 512. The summed E-state index contributed by atoms with van der Waals surface area (Å²) in [6.45, 7) is 2.72. The number of benzene rings is 1. The number of nitrogens with one attached hydrogen (secondary N) is 2. The quantitative estimate of drug-likeness (QED) is 0.897. The molecule has 0 aromatic heterocycles. The van der Waals surface area contributed by atoms with E-state index in [1.807, 2.05) is 13.0 Å². The van der Waals surface area contributed by atoms with Crippen molar-refractivity contribution in [1.29, 1.82) is 0 Å². The summed E-state index contributed by atoms with van der Waals surface area (Å²) in [4.78, 5) is 12.4. The molecule has 6 heteroatoms. The average Bonchev–Trinajstić information content (AvgIpc) is 2.43. The summed E-state index contributed by atoms with van der Waals surface area (Å²) >= 11 is 5.97. The van der Waals surface area contributed by atoms with Crippen LogP contribution in [0.25, 0.3) is 0 Å². The SMILES string of the molecule is CCNc1ccc(Cl)cc1C(=O)NC1CCS(=O)CC1. The van der Waals surface area contributed by atoms with Crippen LogP contribution in [0, 0.1) is 0 Å². The van der Waals surface area contributed by atoms with E-state index in [9.17, 15) is 9.00 Å². The van der Waals surface area contributed by atoms with Gasteiger partial charge in [-0.05, 0) is 38.0 Å². The Hall–Kier alpha value is -1.07. The lowest BCUT2D eigenvalue weighted by Crippen LogP contribution is -2.39. The standard InChI is InChI=1S/C14H19ClN2O2S/c1-2-16-13-4-3-10(15)9-12(13)14(18)17-11-5-7-20(19)8-6-11/h3-4,9,11,16H,2,5-8H2,1H3,(H,17,18). The number of rotatable bonds is 4. The lowest BCUT2D eigenvalue weighted by molar-refractivity contribution is 0.0935. The molecule has 0 unspecified atom stereocenters. The second-order valence-electron chi connectivity index (χ2n) is 4.82. The van der Waals surface area contributed by atoms with Crippen molar-refractivity contribution < 1.29 is 9.00 Å². The number of halogens is 1. The molecule has 1 saturated heterocycles. The second-order valence-corrected chi connectivity index (χ2v) is 6.95. The highest BCUT2D eigenvalue weighted by atomic mass is 35.5. The monoisotopic (exact) mass is 314 g/mol. The maximum Gasteiger partial charge on any atom is 0.253 e. The Morgan fingerprint density at radius 1 is 1.40 bits per heavy atom. The third kappa shape index (κ3) is 3.96. The summed E-state index contributed by atoms with van der Waals surface area (Å²) < 4.78 is 11.3. The van der Waals surface area contributed by atoms with Crippen molar-refractivity contribution in [1.82, 2.24) is 5.32 Å². The first-order valence-electron chi connectivity index (χ1n) is 6.79. The molecule has 110 valence electrons. The molecule has 1 aliphatic heterocycles. The third-order valence-corrected chi connectivity index (χ3v) is 4.93. The fourth-order valence-electron chi connectivity index (χ4n) is 2.25. The lowest BCUT2D eigenvalue weighted by Gasteiger charge is -2.23. The average molecular weight is 315 g/mol. The minimum atomic E-state index is -0.716. The van der Waals surface area contributed by atoms with Gasteiger partial charge in [0.1, 0.15) is 0 Å². The van der Waals surface area contributed by atoms with Crippen LogP contribution >= 0.6 is 11.6 Å². The highest BCUT2D eigenvalue weighted by Crippen LogP contribution is 2.21. The highest BCUT2D eigenvalue weighted by Gasteiger charge is 2.21. The van der Waals surface area contributed by atoms with Gasteiger partial charge >= 0.3 is 0 Å². The molecule has 0 saturated carbocycles. The van der Waals surface area contributed by atoms with Crippen LogP contribution < -0.4 is 10.6 Å². The van der Waals surface area contributed by atoms with Gasteiger partial charge in [-0.1, -0.05) is 11.6 Å². The van der Waals surface area contributed by atoms with Crippen molar-refractivity contribution >= 4 is 34.0 Å². The van der Waals surface area contributed by atoms with E-state index in [-0.39, 0.29) is 11.9 Å². The summed E-state index contributed by atoms with van der Waals surface area (Å²) in [5.41, 5.74) is 1.35. The van der Waals surface area contributed by atoms with Crippen LogP contribution in [0.5, 0.6) is 0 Å². The molecule has 1 aromatic carbocycles. The first-order valence-corrected chi connectivity index (χ1v) is 8.66. The predicted molar refractivity (Wildman–Crippen MR) is 84.0 cm³/mol. The van der Waals surface area contributed by atoms with Crippen molar-refractivity contribution in [3.05, 3.63) is 28.8 Å². The van der Waals surface area contributed by atoms with E-state index >= 15 is 0 Å². The Morgan fingerprint density at radius 2 is 2.10 bits per heavy atom. The Labute approximate surface area is 126 Å². The van der Waals surface area contributed by atoms with Gasteiger partial charge in [-0.3, -0.25) is 9.00 Å². The predicted octanol–water partition coefficient (Wildman–Crippen LogP) is 2.41.